The first kappa shape index (κ1) is 21.2. The van der Waals surface area contributed by atoms with E-state index in [1.165, 1.54) is 30.7 Å². The Labute approximate surface area is 183 Å². The highest BCUT2D eigenvalue weighted by molar-refractivity contribution is 6.21. The zero-order valence-corrected chi connectivity index (χ0v) is 18.0. The molecule has 1 fully saturated rings. The van der Waals surface area contributed by atoms with Crippen molar-refractivity contribution in [2.45, 2.75) is 45.2 Å². The van der Waals surface area contributed by atoms with E-state index in [4.69, 9.17) is 0 Å². The summed E-state index contributed by atoms with van der Waals surface area (Å²) in [4.78, 5) is 40.6. The average molecular weight is 421 g/mol. The normalized spacial score (nSPS) is 20.6. The lowest BCUT2D eigenvalue weighted by Crippen LogP contribution is -3.16. The van der Waals surface area contributed by atoms with Gasteiger partial charge in [0.25, 0.3) is 17.7 Å². The Balaban J connectivity index is 1.31. The lowest BCUT2D eigenvalue weighted by molar-refractivity contribution is -0.928. The Hall–Kier alpha value is -2.99. The number of fused-ring (bicyclic) bond motifs is 1. The summed E-state index contributed by atoms with van der Waals surface area (Å²) in [5, 5.41) is 3.01. The van der Waals surface area contributed by atoms with Gasteiger partial charge in [0, 0.05) is 18.5 Å². The molecule has 0 aromatic heterocycles. The van der Waals surface area contributed by atoms with E-state index in [-0.39, 0.29) is 24.3 Å². The van der Waals surface area contributed by atoms with Gasteiger partial charge in [0.1, 0.15) is 0 Å². The lowest BCUT2D eigenvalue weighted by atomic mass is 10.0. The fourth-order valence-corrected chi connectivity index (χ4v) is 4.62. The molecule has 0 spiro atoms. The standard InChI is InChI=1S/C25H29N3O3/c1-18-8-4-5-14-27(18)15-7-13-26-23(29)20-10-6-9-19(16-20)17-28-24(30)21-11-2-3-12-22(21)25(28)31/h2-3,6,9-12,16,18H,4-5,7-8,13-15,17H2,1H3,(H,26,29)/p+1/t18-/m0/s1. The molecule has 2 aromatic carbocycles. The van der Waals surface area contributed by atoms with Crippen LogP contribution in [0.3, 0.4) is 0 Å². The summed E-state index contributed by atoms with van der Waals surface area (Å²) in [5.41, 5.74) is 2.18. The molecule has 6 heteroatoms. The molecule has 6 nitrogen and oxygen atoms in total. The maximum Gasteiger partial charge on any atom is 0.261 e. The molecule has 1 unspecified atom stereocenters. The maximum absolute atomic E-state index is 12.6. The third kappa shape index (κ3) is 4.69. The predicted molar refractivity (Wildman–Crippen MR) is 118 cm³/mol. The predicted octanol–water partition coefficient (Wildman–Crippen LogP) is 2.06. The number of carbonyl (C=O) groups is 3. The monoisotopic (exact) mass is 420 g/mol. The Kier molecular flexibility index (Phi) is 6.47. The molecule has 31 heavy (non-hydrogen) atoms. The van der Waals surface area contributed by atoms with Crippen LogP contribution < -0.4 is 10.2 Å². The molecule has 4 rings (SSSR count). The summed E-state index contributed by atoms with van der Waals surface area (Å²) in [6.07, 6.45) is 4.88. The van der Waals surface area contributed by atoms with Gasteiger partial charge >= 0.3 is 0 Å². The summed E-state index contributed by atoms with van der Waals surface area (Å²) in [7, 11) is 0. The molecular formula is C25H30N3O3+. The van der Waals surface area contributed by atoms with Crippen molar-refractivity contribution in [3.05, 3.63) is 70.8 Å². The minimum atomic E-state index is -0.287. The van der Waals surface area contributed by atoms with Gasteiger partial charge in [-0.1, -0.05) is 24.3 Å². The minimum Gasteiger partial charge on any atom is -0.352 e. The van der Waals surface area contributed by atoms with Gasteiger partial charge in [-0.3, -0.25) is 19.3 Å². The van der Waals surface area contributed by atoms with Crippen molar-refractivity contribution >= 4 is 17.7 Å². The van der Waals surface area contributed by atoms with E-state index >= 15 is 0 Å². The first-order valence-electron chi connectivity index (χ1n) is 11.2. The van der Waals surface area contributed by atoms with Crippen LogP contribution in [-0.4, -0.2) is 48.3 Å². The first-order valence-corrected chi connectivity index (χ1v) is 11.2. The van der Waals surface area contributed by atoms with Gasteiger partial charge in [0.2, 0.25) is 0 Å². The van der Waals surface area contributed by atoms with Crippen molar-refractivity contribution in [2.75, 3.05) is 19.6 Å². The molecule has 2 atom stereocenters. The summed E-state index contributed by atoms with van der Waals surface area (Å²) in [6, 6.07) is 14.7. The van der Waals surface area contributed by atoms with Gasteiger partial charge in [-0.25, -0.2) is 0 Å². The molecular weight excluding hydrogens is 390 g/mol. The van der Waals surface area contributed by atoms with E-state index in [0.717, 1.165) is 18.5 Å². The van der Waals surface area contributed by atoms with Gasteiger partial charge in [-0.15, -0.1) is 0 Å². The van der Waals surface area contributed by atoms with Gasteiger partial charge in [-0.2, -0.15) is 0 Å². The molecule has 0 radical (unpaired) electrons. The Bertz CT molecular complexity index is 952. The van der Waals surface area contributed by atoms with E-state index < -0.39 is 0 Å². The van der Waals surface area contributed by atoms with Crippen molar-refractivity contribution in [1.82, 2.24) is 10.2 Å². The number of hydrogen-bond donors (Lipinski definition) is 2. The van der Waals surface area contributed by atoms with Gasteiger partial charge < -0.3 is 10.2 Å². The molecule has 3 amide bonds. The van der Waals surface area contributed by atoms with Crippen LogP contribution in [0.15, 0.2) is 48.5 Å². The fourth-order valence-electron chi connectivity index (χ4n) is 4.62. The van der Waals surface area contributed by atoms with Crippen molar-refractivity contribution in [3.8, 4) is 0 Å². The van der Waals surface area contributed by atoms with Crippen molar-refractivity contribution in [1.29, 1.82) is 0 Å². The second-order valence-electron chi connectivity index (χ2n) is 8.61. The number of carbonyl (C=O) groups excluding carboxylic acids is 3. The van der Waals surface area contributed by atoms with Crippen LogP contribution in [0.2, 0.25) is 0 Å². The molecule has 0 saturated carbocycles. The van der Waals surface area contributed by atoms with Crippen LogP contribution in [0.25, 0.3) is 0 Å². The number of nitrogens with zero attached hydrogens (tertiary/aromatic N) is 1. The van der Waals surface area contributed by atoms with Crippen LogP contribution in [-0.2, 0) is 6.54 Å². The zero-order valence-electron chi connectivity index (χ0n) is 18.0. The number of likely N-dealkylation sites (tertiary alicyclic amines) is 1. The van der Waals surface area contributed by atoms with Gasteiger partial charge in [0.05, 0.1) is 36.8 Å². The summed E-state index contributed by atoms with van der Waals surface area (Å²) in [5.74, 6) is -0.694. The summed E-state index contributed by atoms with van der Waals surface area (Å²) in [6.45, 7) is 5.44. The number of imide groups is 1. The molecule has 2 aromatic rings. The van der Waals surface area contributed by atoms with Crippen LogP contribution in [0.4, 0.5) is 0 Å². The first-order chi connectivity index (χ1) is 15.0. The quantitative estimate of drug-likeness (QED) is 0.532. The average Bonchev–Trinajstić information content (AvgIpc) is 3.03. The molecule has 2 heterocycles. The lowest BCUT2D eigenvalue weighted by Gasteiger charge is -2.30. The molecule has 0 bridgehead atoms. The van der Waals surface area contributed by atoms with Crippen molar-refractivity contribution in [3.63, 3.8) is 0 Å². The second-order valence-corrected chi connectivity index (χ2v) is 8.61. The largest absolute Gasteiger partial charge is 0.352 e. The molecule has 162 valence electrons. The highest BCUT2D eigenvalue weighted by Crippen LogP contribution is 2.24. The van der Waals surface area contributed by atoms with Crippen LogP contribution in [0.1, 0.15) is 69.2 Å². The van der Waals surface area contributed by atoms with Crippen LogP contribution in [0.5, 0.6) is 0 Å². The highest BCUT2D eigenvalue weighted by atomic mass is 16.2. The van der Waals surface area contributed by atoms with Crippen molar-refractivity contribution < 1.29 is 19.3 Å². The number of nitrogens with one attached hydrogen (secondary N) is 2. The van der Waals surface area contributed by atoms with E-state index in [1.54, 1.807) is 47.4 Å². The number of quaternary nitrogens is 1. The number of piperidine rings is 1. The van der Waals surface area contributed by atoms with Gasteiger partial charge in [-0.05, 0) is 56.0 Å². The number of amides is 3. The number of benzene rings is 2. The molecule has 2 N–H and O–H groups in total. The third-order valence-electron chi connectivity index (χ3n) is 6.45. The van der Waals surface area contributed by atoms with E-state index in [9.17, 15) is 14.4 Å². The minimum absolute atomic E-state index is 0.120. The van der Waals surface area contributed by atoms with E-state index in [2.05, 4.69) is 12.2 Å². The molecule has 2 aliphatic heterocycles. The molecule has 1 saturated heterocycles. The Morgan fingerprint density at radius 3 is 2.52 bits per heavy atom. The fraction of sp³-hybridized carbons (Fsp3) is 0.400. The highest BCUT2D eigenvalue weighted by Gasteiger charge is 2.35. The number of hydrogen-bond acceptors (Lipinski definition) is 3. The summed E-state index contributed by atoms with van der Waals surface area (Å²) >= 11 is 0. The van der Waals surface area contributed by atoms with Crippen LogP contribution in [0, 0.1) is 0 Å². The zero-order chi connectivity index (χ0) is 21.8. The molecule has 0 aliphatic carbocycles. The summed E-state index contributed by atoms with van der Waals surface area (Å²) < 4.78 is 0. The van der Waals surface area contributed by atoms with E-state index in [1.807, 2.05) is 6.07 Å². The van der Waals surface area contributed by atoms with Gasteiger partial charge in [0.15, 0.2) is 0 Å². The Morgan fingerprint density at radius 2 is 1.81 bits per heavy atom. The molecule has 2 aliphatic rings. The second kappa shape index (κ2) is 9.43. The maximum atomic E-state index is 12.6. The SMILES string of the molecule is C[C@H]1CCCC[NH+]1CCCNC(=O)c1cccc(CN2C(=O)c3ccccc3C2=O)c1. The van der Waals surface area contributed by atoms with Crippen molar-refractivity contribution in [2.24, 2.45) is 0 Å². The third-order valence-corrected chi connectivity index (χ3v) is 6.45. The number of rotatable bonds is 7. The smallest absolute Gasteiger partial charge is 0.261 e. The Morgan fingerprint density at radius 1 is 1.06 bits per heavy atom. The van der Waals surface area contributed by atoms with E-state index in [0.29, 0.717) is 29.3 Å². The topological polar surface area (TPSA) is 70.9 Å². The van der Waals surface area contributed by atoms with Crippen LogP contribution >= 0.6 is 0 Å².